The first-order valence-electron chi connectivity index (χ1n) is 5.89. The lowest BCUT2D eigenvalue weighted by Crippen LogP contribution is -2.11. The van der Waals surface area contributed by atoms with Crippen LogP contribution in [0.15, 0.2) is 16.5 Å². The molecule has 0 spiro atoms. The summed E-state index contributed by atoms with van der Waals surface area (Å²) in [6.07, 6.45) is 0. The Kier molecular flexibility index (Phi) is 2.72. The van der Waals surface area contributed by atoms with E-state index in [0.29, 0.717) is 17.0 Å². The van der Waals surface area contributed by atoms with Gasteiger partial charge in [0.25, 0.3) is 0 Å². The molecule has 0 unspecified atom stereocenters. The van der Waals surface area contributed by atoms with Gasteiger partial charge in [0.15, 0.2) is 17.3 Å². The molecule has 2 nitrogen and oxygen atoms in total. The van der Waals surface area contributed by atoms with Crippen LogP contribution in [0.4, 0.5) is 4.39 Å². The summed E-state index contributed by atoms with van der Waals surface area (Å²) in [6.45, 7) is 10.1. The Hall–Kier alpha value is -1.38. The average molecular weight is 235 g/mol. The van der Waals surface area contributed by atoms with Crippen LogP contribution < -0.4 is 0 Å². The predicted octanol–water partition coefficient (Wildman–Crippen LogP) is 4.39. The van der Waals surface area contributed by atoms with Gasteiger partial charge in [-0.3, -0.25) is 0 Å². The van der Waals surface area contributed by atoms with E-state index in [4.69, 9.17) is 4.42 Å². The minimum absolute atomic E-state index is 0.0974. The first kappa shape index (κ1) is 12.1. The number of aromatic nitrogens is 1. The maximum Gasteiger partial charge on any atom is 0.198 e. The molecule has 0 atom stereocenters. The van der Waals surface area contributed by atoms with Crippen LogP contribution in [0.25, 0.3) is 11.1 Å². The Morgan fingerprint density at radius 3 is 2.41 bits per heavy atom. The first-order chi connectivity index (χ1) is 7.79. The van der Waals surface area contributed by atoms with Crippen molar-refractivity contribution in [3.8, 4) is 0 Å². The summed E-state index contributed by atoms with van der Waals surface area (Å²) in [7, 11) is 0. The van der Waals surface area contributed by atoms with Crippen LogP contribution in [0.2, 0.25) is 0 Å². The molecule has 17 heavy (non-hydrogen) atoms. The van der Waals surface area contributed by atoms with Gasteiger partial charge >= 0.3 is 0 Å². The zero-order chi connectivity index (χ0) is 12.8. The molecule has 1 heterocycles. The summed E-state index contributed by atoms with van der Waals surface area (Å²) >= 11 is 0. The van der Waals surface area contributed by atoms with E-state index in [0.717, 1.165) is 5.56 Å². The van der Waals surface area contributed by atoms with Crippen LogP contribution in [-0.2, 0) is 5.41 Å². The lowest BCUT2D eigenvalue weighted by Gasteiger charge is -2.18. The average Bonchev–Trinajstić information content (AvgIpc) is 2.60. The van der Waals surface area contributed by atoms with Crippen LogP contribution in [0.3, 0.4) is 0 Å². The molecular weight excluding hydrogens is 217 g/mol. The molecule has 0 aliphatic rings. The Labute approximate surface area is 101 Å². The molecule has 92 valence electrons. The van der Waals surface area contributed by atoms with Gasteiger partial charge < -0.3 is 4.42 Å². The fourth-order valence-corrected chi connectivity index (χ4v) is 1.69. The van der Waals surface area contributed by atoms with Gasteiger partial charge in [0.2, 0.25) is 0 Å². The predicted molar refractivity (Wildman–Crippen MR) is 66.8 cm³/mol. The largest absolute Gasteiger partial charge is 0.440 e. The van der Waals surface area contributed by atoms with Gasteiger partial charge in [-0.2, -0.15) is 0 Å². The molecule has 0 N–H and O–H groups in total. The van der Waals surface area contributed by atoms with E-state index in [2.05, 4.69) is 4.98 Å². The van der Waals surface area contributed by atoms with Gasteiger partial charge in [0, 0.05) is 5.92 Å². The minimum atomic E-state index is -0.303. The third-order valence-corrected chi connectivity index (χ3v) is 2.82. The molecular formula is C14H18FNO. The maximum absolute atomic E-state index is 13.9. The number of oxazole rings is 1. The van der Waals surface area contributed by atoms with Crippen molar-refractivity contribution in [2.45, 2.75) is 46.0 Å². The number of hydrogen-bond donors (Lipinski definition) is 0. The molecule has 0 radical (unpaired) electrons. The fraction of sp³-hybridized carbons (Fsp3) is 0.500. The van der Waals surface area contributed by atoms with Gasteiger partial charge in [-0.1, -0.05) is 34.6 Å². The lowest BCUT2D eigenvalue weighted by molar-refractivity contribution is 0.500. The third-order valence-electron chi connectivity index (χ3n) is 2.82. The zero-order valence-electron chi connectivity index (χ0n) is 11.0. The second-order valence-corrected chi connectivity index (χ2v) is 5.76. The van der Waals surface area contributed by atoms with Crippen LogP contribution in [0, 0.1) is 5.82 Å². The number of rotatable bonds is 1. The van der Waals surface area contributed by atoms with Gasteiger partial charge in [0.05, 0.1) is 0 Å². The van der Waals surface area contributed by atoms with Gasteiger partial charge in [0.1, 0.15) is 5.52 Å². The van der Waals surface area contributed by atoms with Crippen molar-refractivity contribution < 1.29 is 8.81 Å². The summed E-state index contributed by atoms with van der Waals surface area (Å²) in [4.78, 5) is 4.19. The number of fused-ring (bicyclic) bond motifs is 1. The summed E-state index contributed by atoms with van der Waals surface area (Å²) in [5.74, 6) is 0.452. The van der Waals surface area contributed by atoms with Crippen molar-refractivity contribution in [2.24, 2.45) is 0 Å². The van der Waals surface area contributed by atoms with E-state index in [1.54, 1.807) is 6.07 Å². The number of nitrogens with zero attached hydrogens (tertiary/aromatic N) is 1. The normalized spacial score (nSPS) is 12.6. The van der Waals surface area contributed by atoms with Crippen molar-refractivity contribution in [3.63, 3.8) is 0 Å². The second kappa shape index (κ2) is 3.83. The summed E-state index contributed by atoms with van der Waals surface area (Å²) in [5, 5.41) is 0. The zero-order valence-corrected chi connectivity index (χ0v) is 11.0. The van der Waals surface area contributed by atoms with E-state index >= 15 is 0 Å². The van der Waals surface area contributed by atoms with Gasteiger partial charge in [-0.15, -0.1) is 0 Å². The highest BCUT2D eigenvalue weighted by Gasteiger charge is 2.19. The molecule has 1 aromatic heterocycles. The number of hydrogen-bond acceptors (Lipinski definition) is 2. The molecule has 0 aliphatic heterocycles. The molecule has 2 rings (SSSR count). The monoisotopic (exact) mass is 235 g/mol. The van der Waals surface area contributed by atoms with Crippen LogP contribution in [0.5, 0.6) is 0 Å². The van der Waals surface area contributed by atoms with Crippen LogP contribution in [-0.4, -0.2) is 4.98 Å². The highest BCUT2D eigenvalue weighted by molar-refractivity contribution is 5.74. The Bertz CT molecular complexity index is 549. The molecule has 0 saturated heterocycles. The molecule has 0 saturated carbocycles. The van der Waals surface area contributed by atoms with Crippen molar-refractivity contribution in [1.82, 2.24) is 4.98 Å². The Morgan fingerprint density at radius 2 is 1.88 bits per heavy atom. The molecule has 0 bridgehead atoms. The summed E-state index contributed by atoms with van der Waals surface area (Å²) < 4.78 is 19.5. The van der Waals surface area contributed by atoms with Crippen LogP contribution in [0.1, 0.15) is 52.0 Å². The van der Waals surface area contributed by atoms with Crippen molar-refractivity contribution in [1.29, 1.82) is 0 Å². The van der Waals surface area contributed by atoms with Crippen molar-refractivity contribution in [3.05, 3.63) is 29.4 Å². The van der Waals surface area contributed by atoms with E-state index in [1.807, 2.05) is 40.7 Å². The summed E-state index contributed by atoms with van der Waals surface area (Å²) in [5.41, 5.74) is 1.70. The molecule has 0 fully saturated rings. The highest BCUT2D eigenvalue weighted by atomic mass is 19.1. The van der Waals surface area contributed by atoms with Gasteiger partial charge in [-0.05, 0) is 23.1 Å². The van der Waals surface area contributed by atoms with Crippen molar-refractivity contribution in [2.75, 3.05) is 0 Å². The lowest BCUT2D eigenvalue weighted by atomic mass is 9.87. The molecule has 0 amide bonds. The maximum atomic E-state index is 13.9. The number of halogens is 1. The Morgan fingerprint density at radius 1 is 1.24 bits per heavy atom. The second-order valence-electron chi connectivity index (χ2n) is 5.76. The van der Waals surface area contributed by atoms with E-state index in [9.17, 15) is 4.39 Å². The topological polar surface area (TPSA) is 26.0 Å². The third kappa shape index (κ3) is 2.19. The fourth-order valence-electron chi connectivity index (χ4n) is 1.69. The number of benzene rings is 1. The summed E-state index contributed by atoms with van der Waals surface area (Å²) in [6, 6.07) is 3.44. The molecule has 2 aromatic rings. The Balaban J connectivity index is 2.65. The molecule has 3 heteroatoms. The van der Waals surface area contributed by atoms with Gasteiger partial charge in [-0.25, -0.2) is 9.37 Å². The molecule has 0 aliphatic carbocycles. The van der Waals surface area contributed by atoms with Crippen molar-refractivity contribution >= 4 is 11.1 Å². The quantitative estimate of drug-likeness (QED) is 0.732. The van der Waals surface area contributed by atoms with E-state index < -0.39 is 0 Å². The van der Waals surface area contributed by atoms with Crippen LogP contribution >= 0.6 is 0 Å². The first-order valence-corrected chi connectivity index (χ1v) is 5.89. The van der Waals surface area contributed by atoms with E-state index in [-0.39, 0.29) is 17.2 Å². The smallest absolute Gasteiger partial charge is 0.198 e. The minimum Gasteiger partial charge on any atom is -0.440 e. The van der Waals surface area contributed by atoms with E-state index in [1.165, 1.54) is 0 Å². The molecule has 1 aromatic carbocycles. The highest BCUT2D eigenvalue weighted by Crippen LogP contribution is 2.29. The standard InChI is InChI=1S/C14H18FNO/c1-8(2)13-16-12-10(15)6-9(14(3,4)5)7-11(12)17-13/h6-8H,1-5H3. The SMILES string of the molecule is CC(C)c1nc2c(F)cc(C(C)(C)C)cc2o1.